The van der Waals surface area contributed by atoms with E-state index in [-0.39, 0.29) is 26.5 Å². The first-order valence-corrected chi connectivity index (χ1v) is 8.31. The molecule has 0 radical (unpaired) electrons. The second-order valence-electron chi connectivity index (χ2n) is 5.05. The number of carbonyl (C=O) groups excluding carboxylic acids is 1. The van der Waals surface area contributed by atoms with E-state index in [2.05, 4.69) is 12.2 Å². The Morgan fingerprint density at radius 2 is 1.90 bits per heavy atom. The predicted molar refractivity (Wildman–Crippen MR) is 77.5 cm³/mol. The van der Waals surface area contributed by atoms with Gasteiger partial charge in [0.1, 0.15) is 4.90 Å². The third-order valence-corrected chi connectivity index (χ3v) is 4.97. The highest BCUT2D eigenvalue weighted by Gasteiger charge is 2.28. The second kappa shape index (κ2) is 5.52. The van der Waals surface area contributed by atoms with E-state index in [9.17, 15) is 13.2 Å². The molecule has 1 amide bonds. The van der Waals surface area contributed by atoms with Crippen LogP contribution in [0, 0.1) is 5.92 Å². The van der Waals surface area contributed by atoms with Crippen molar-refractivity contribution in [2.75, 3.05) is 0 Å². The highest BCUT2D eigenvalue weighted by molar-refractivity contribution is 7.89. The lowest BCUT2D eigenvalue weighted by Crippen LogP contribution is -2.43. The molecule has 0 unspecified atom stereocenters. The van der Waals surface area contributed by atoms with Crippen LogP contribution < -0.4 is 10.5 Å². The van der Waals surface area contributed by atoms with Crippen LogP contribution in [-0.4, -0.2) is 20.4 Å². The fourth-order valence-electron chi connectivity index (χ4n) is 2.20. The lowest BCUT2D eigenvalue weighted by molar-refractivity contribution is 0.0896. The van der Waals surface area contributed by atoms with Crippen molar-refractivity contribution in [3.05, 3.63) is 27.7 Å². The number of nitrogens with two attached hydrogens (primary N) is 1. The van der Waals surface area contributed by atoms with Crippen LogP contribution >= 0.6 is 23.2 Å². The molecule has 0 spiro atoms. The third-order valence-electron chi connectivity index (χ3n) is 3.28. The number of hydrogen-bond acceptors (Lipinski definition) is 3. The van der Waals surface area contributed by atoms with Crippen LogP contribution in [0.4, 0.5) is 0 Å². The Balaban J connectivity index is 2.29. The molecule has 2 rings (SSSR count). The minimum Gasteiger partial charge on any atom is -0.349 e. The topological polar surface area (TPSA) is 89.3 Å². The van der Waals surface area contributed by atoms with Gasteiger partial charge in [0.05, 0.1) is 15.6 Å². The molecule has 0 aliphatic heterocycles. The smallest absolute Gasteiger partial charge is 0.253 e. The van der Waals surface area contributed by atoms with Gasteiger partial charge in [-0.25, -0.2) is 13.6 Å². The normalized spacial score (nSPS) is 22.2. The first-order chi connectivity index (χ1) is 9.18. The molecule has 0 bridgehead atoms. The van der Waals surface area contributed by atoms with Crippen LogP contribution in [0.15, 0.2) is 17.0 Å². The quantitative estimate of drug-likeness (QED) is 0.886. The molecule has 0 atom stereocenters. The molecule has 3 N–H and O–H groups in total. The van der Waals surface area contributed by atoms with E-state index in [1.165, 1.54) is 6.07 Å². The summed E-state index contributed by atoms with van der Waals surface area (Å²) in [7, 11) is -4.01. The molecule has 1 aliphatic carbocycles. The van der Waals surface area contributed by atoms with E-state index >= 15 is 0 Å². The van der Waals surface area contributed by atoms with Crippen molar-refractivity contribution in [1.82, 2.24) is 5.32 Å². The highest BCUT2D eigenvalue weighted by Crippen LogP contribution is 2.30. The Morgan fingerprint density at radius 1 is 1.30 bits per heavy atom. The molecule has 1 aromatic carbocycles. The zero-order valence-electron chi connectivity index (χ0n) is 10.7. The molecule has 1 saturated carbocycles. The monoisotopic (exact) mass is 336 g/mol. The maximum Gasteiger partial charge on any atom is 0.253 e. The zero-order chi connectivity index (χ0) is 15.1. The fraction of sp³-hybridized carbons (Fsp3) is 0.417. The number of nitrogens with one attached hydrogen (secondary N) is 1. The van der Waals surface area contributed by atoms with Gasteiger partial charge >= 0.3 is 0 Å². The average molecular weight is 337 g/mol. The fourth-order valence-corrected chi connectivity index (χ4v) is 3.61. The van der Waals surface area contributed by atoms with Crippen molar-refractivity contribution in [3.8, 4) is 0 Å². The van der Waals surface area contributed by atoms with Crippen LogP contribution in [-0.2, 0) is 10.0 Å². The number of benzene rings is 1. The molecule has 1 aliphatic rings. The van der Waals surface area contributed by atoms with Gasteiger partial charge in [0.15, 0.2) is 0 Å². The Morgan fingerprint density at radius 3 is 2.40 bits per heavy atom. The van der Waals surface area contributed by atoms with Crippen molar-refractivity contribution in [3.63, 3.8) is 0 Å². The Hall–Kier alpha value is -0.820. The SMILES string of the molecule is CC1CC(NC(=O)c2cc(S(N)(=O)=O)c(Cl)cc2Cl)C1. The highest BCUT2D eigenvalue weighted by atomic mass is 35.5. The average Bonchev–Trinajstić information content (AvgIpc) is 2.24. The van der Waals surface area contributed by atoms with E-state index in [1.807, 2.05) is 0 Å². The van der Waals surface area contributed by atoms with Gasteiger partial charge in [-0.05, 0) is 30.9 Å². The van der Waals surface area contributed by atoms with Gasteiger partial charge < -0.3 is 5.32 Å². The van der Waals surface area contributed by atoms with Gasteiger partial charge in [-0.1, -0.05) is 30.1 Å². The number of hydrogen-bond donors (Lipinski definition) is 2. The lowest BCUT2D eigenvalue weighted by atomic mass is 9.82. The molecule has 20 heavy (non-hydrogen) atoms. The molecule has 0 aromatic heterocycles. The summed E-state index contributed by atoms with van der Waals surface area (Å²) in [5, 5.41) is 7.83. The van der Waals surface area contributed by atoms with Crippen LogP contribution in [0.25, 0.3) is 0 Å². The molecule has 5 nitrogen and oxygen atoms in total. The number of sulfonamides is 1. The summed E-state index contributed by atoms with van der Waals surface area (Å²) in [6, 6.07) is 2.42. The minimum absolute atomic E-state index is 0.0552. The van der Waals surface area contributed by atoms with E-state index in [4.69, 9.17) is 28.3 Å². The van der Waals surface area contributed by atoms with Crippen LogP contribution in [0.2, 0.25) is 10.0 Å². The lowest BCUT2D eigenvalue weighted by Gasteiger charge is -2.33. The van der Waals surface area contributed by atoms with Crippen molar-refractivity contribution >= 4 is 39.1 Å². The Labute approximate surface area is 127 Å². The molecule has 0 saturated heterocycles. The number of primary sulfonamides is 1. The molecule has 1 aromatic rings. The molecule has 110 valence electrons. The molecule has 1 fully saturated rings. The van der Waals surface area contributed by atoms with Gasteiger partial charge in [-0.3, -0.25) is 4.79 Å². The first-order valence-electron chi connectivity index (χ1n) is 6.01. The van der Waals surface area contributed by atoms with Gasteiger partial charge in [0.25, 0.3) is 5.91 Å². The van der Waals surface area contributed by atoms with Crippen LogP contribution in [0.3, 0.4) is 0 Å². The van der Waals surface area contributed by atoms with Gasteiger partial charge in [-0.15, -0.1) is 0 Å². The summed E-state index contributed by atoms with van der Waals surface area (Å²) in [4.78, 5) is 11.8. The summed E-state index contributed by atoms with van der Waals surface area (Å²) in [6.07, 6.45) is 1.80. The summed E-state index contributed by atoms with van der Waals surface area (Å²) in [5.74, 6) is 0.162. The van der Waals surface area contributed by atoms with Crippen molar-refractivity contribution in [1.29, 1.82) is 0 Å². The van der Waals surface area contributed by atoms with Gasteiger partial charge in [-0.2, -0.15) is 0 Å². The minimum atomic E-state index is -4.01. The van der Waals surface area contributed by atoms with Crippen molar-refractivity contribution in [2.45, 2.75) is 30.7 Å². The van der Waals surface area contributed by atoms with E-state index < -0.39 is 15.9 Å². The number of halogens is 2. The third kappa shape index (κ3) is 3.25. The van der Waals surface area contributed by atoms with E-state index in [0.717, 1.165) is 18.9 Å². The van der Waals surface area contributed by atoms with Crippen molar-refractivity contribution < 1.29 is 13.2 Å². The first kappa shape index (κ1) is 15.6. The number of carbonyl (C=O) groups is 1. The molecular formula is C12H14Cl2N2O3S. The van der Waals surface area contributed by atoms with Gasteiger partial charge in [0.2, 0.25) is 10.0 Å². The maximum absolute atomic E-state index is 12.1. The number of amides is 1. The summed E-state index contributed by atoms with van der Waals surface area (Å²) >= 11 is 11.7. The molecular weight excluding hydrogens is 323 g/mol. The summed E-state index contributed by atoms with van der Waals surface area (Å²) < 4.78 is 22.8. The van der Waals surface area contributed by atoms with Gasteiger partial charge in [0, 0.05) is 6.04 Å². The zero-order valence-corrected chi connectivity index (χ0v) is 13.0. The standard InChI is InChI=1S/C12H14Cl2N2O3S/c1-6-2-7(3-6)16-12(17)8-4-11(20(15,18)19)10(14)5-9(8)13/h4-7H,2-3H2,1H3,(H,16,17)(H2,15,18,19). The molecule has 8 heteroatoms. The largest absolute Gasteiger partial charge is 0.349 e. The number of rotatable bonds is 3. The Kier molecular flexibility index (Phi) is 4.30. The summed E-state index contributed by atoms with van der Waals surface area (Å²) in [5.41, 5.74) is 0.0552. The van der Waals surface area contributed by atoms with E-state index in [1.54, 1.807) is 0 Å². The van der Waals surface area contributed by atoms with E-state index in [0.29, 0.717) is 5.92 Å². The second-order valence-corrected chi connectivity index (χ2v) is 7.40. The maximum atomic E-state index is 12.1. The van der Waals surface area contributed by atoms with Crippen LogP contribution in [0.1, 0.15) is 30.1 Å². The predicted octanol–water partition coefficient (Wildman–Crippen LogP) is 2.17. The molecule has 0 heterocycles. The Bertz CT molecular complexity index is 655. The van der Waals surface area contributed by atoms with Crippen LogP contribution in [0.5, 0.6) is 0 Å². The van der Waals surface area contributed by atoms with Crippen molar-refractivity contribution in [2.24, 2.45) is 11.1 Å². The summed E-state index contributed by atoms with van der Waals surface area (Å²) in [6.45, 7) is 2.09.